The fourth-order valence-electron chi connectivity index (χ4n) is 2.55. The van der Waals surface area contributed by atoms with Crippen molar-refractivity contribution in [3.05, 3.63) is 0 Å². The van der Waals surface area contributed by atoms with E-state index in [-0.39, 0.29) is 0 Å². The Bertz CT molecular complexity index is 148. The number of likely N-dealkylation sites (tertiary alicyclic amines) is 1. The van der Waals surface area contributed by atoms with Gasteiger partial charge in [0.05, 0.1) is 0 Å². The molecule has 2 nitrogen and oxygen atoms in total. The number of hydrogen-bond donors (Lipinski definition) is 1. The van der Waals surface area contributed by atoms with Crippen LogP contribution in [-0.4, -0.2) is 36.1 Å². The normalized spacial score (nSPS) is 33.0. The van der Waals surface area contributed by atoms with Crippen LogP contribution in [0, 0.1) is 0 Å². The molecule has 2 heterocycles. The van der Waals surface area contributed by atoms with Gasteiger partial charge in [-0.15, -0.1) is 0 Å². The quantitative estimate of drug-likeness (QED) is 0.669. The summed E-state index contributed by atoms with van der Waals surface area (Å²) in [6.45, 7) is 12.4. The topological polar surface area (TPSA) is 15.3 Å². The van der Waals surface area contributed by atoms with Crippen molar-refractivity contribution < 1.29 is 0 Å². The largest absolute Gasteiger partial charge is 0.315 e. The van der Waals surface area contributed by atoms with Gasteiger partial charge in [0.25, 0.3) is 0 Å². The number of nitrogens with one attached hydrogen (secondary N) is 1. The summed E-state index contributed by atoms with van der Waals surface area (Å²) >= 11 is 0. The van der Waals surface area contributed by atoms with E-state index in [9.17, 15) is 0 Å². The van der Waals surface area contributed by atoms with Crippen LogP contribution in [-0.2, 0) is 0 Å². The van der Waals surface area contributed by atoms with E-state index >= 15 is 0 Å². The molecule has 78 valence electrons. The fourth-order valence-corrected chi connectivity index (χ4v) is 2.55. The van der Waals surface area contributed by atoms with Gasteiger partial charge < -0.3 is 5.32 Å². The van der Waals surface area contributed by atoms with Crippen molar-refractivity contribution in [2.45, 2.75) is 52.1 Å². The molecule has 2 saturated heterocycles. The van der Waals surface area contributed by atoms with E-state index in [1.807, 2.05) is 13.8 Å². The number of nitrogens with zero attached hydrogens (tertiary/aromatic N) is 1. The third kappa shape index (κ3) is 1.89. The predicted molar refractivity (Wildman–Crippen MR) is 58.0 cm³/mol. The molecule has 2 fully saturated rings. The van der Waals surface area contributed by atoms with Gasteiger partial charge in [0, 0.05) is 24.7 Å². The summed E-state index contributed by atoms with van der Waals surface area (Å²) in [5.41, 5.74) is 0.578. The Morgan fingerprint density at radius 2 is 1.92 bits per heavy atom. The summed E-state index contributed by atoms with van der Waals surface area (Å²) < 4.78 is 0. The smallest absolute Gasteiger partial charge is 0.0360 e. The van der Waals surface area contributed by atoms with Crippen molar-refractivity contribution in [1.29, 1.82) is 0 Å². The SMILES string of the molecule is CC.CC(C)N1CCC12CCNC2. The third-order valence-electron chi connectivity index (χ3n) is 3.27. The Kier molecular flexibility index (Phi) is 3.74. The molecule has 1 unspecified atom stereocenters. The van der Waals surface area contributed by atoms with Gasteiger partial charge in [-0.05, 0) is 33.2 Å². The second-order valence-corrected chi connectivity index (χ2v) is 4.19. The molecule has 13 heavy (non-hydrogen) atoms. The van der Waals surface area contributed by atoms with E-state index in [1.54, 1.807) is 0 Å². The summed E-state index contributed by atoms with van der Waals surface area (Å²) in [6.07, 6.45) is 2.78. The maximum absolute atomic E-state index is 3.46. The van der Waals surface area contributed by atoms with Gasteiger partial charge in [-0.3, -0.25) is 4.90 Å². The first kappa shape index (κ1) is 11.0. The van der Waals surface area contributed by atoms with E-state index in [2.05, 4.69) is 24.1 Å². The van der Waals surface area contributed by atoms with Crippen LogP contribution in [0.3, 0.4) is 0 Å². The molecule has 0 aliphatic carbocycles. The van der Waals surface area contributed by atoms with E-state index in [0.717, 1.165) is 6.04 Å². The molecule has 0 amide bonds. The monoisotopic (exact) mass is 184 g/mol. The van der Waals surface area contributed by atoms with Gasteiger partial charge in [-0.25, -0.2) is 0 Å². The molecule has 1 N–H and O–H groups in total. The van der Waals surface area contributed by atoms with Crippen molar-refractivity contribution in [2.24, 2.45) is 0 Å². The molecule has 2 heteroatoms. The molecular weight excluding hydrogens is 160 g/mol. The molecule has 2 aliphatic heterocycles. The van der Waals surface area contributed by atoms with Crippen LogP contribution in [0.25, 0.3) is 0 Å². The molecule has 2 aliphatic rings. The van der Waals surface area contributed by atoms with E-state index < -0.39 is 0 Å². The molecular formula is C11H24N2. The third-order valence-corrected chi connectivity index (χ3v) is 3.27. The van der Waals surface area contributed by atoms with Crippen molar-refractivity contribution >= 4 is 0 Å². The van der Waals surface area contributed by atoms with Crippen molar-refractivity contribution in [2.75, 3.05) is 19.6 Å². The zero-order valence-corrected chi connectivity index (χ0v) is 9.56. The first-order chi connectivity index (χ1) is 6.25. The highest BCUT2D eigenvalue weighted by molar-refractivity contribution is 5.05. The average Bonchev–Trinajstić information content (AvgIpc) is 2.55. The Morgan fingerprint density at radius 3 is 2.23 bits per heavy atom. The highest BCUT2D eigenvalue weighted by atomic mass is 15.3. The lowest BCUT2D eigenvalue weighted by molar-refractivity contribution is -0.0250. The van der Waals surface area contributed by atoms with Crippen LogP contribution < -0.4 is 5.32 Å². The van der Waals surface area contributed by atoms with Crippen LogP contribution in [0.1, 0.15) is 40.5 Å². The molecule has 0 aromatic heterocycles. The van der Waals surface area contributed by atoms with E-state index in [0.29, 0.717) is 5.54 Å². The van der Waals surface area contributed by atoms with Crippen molar-refractivity contribution in [3.63, 3.8) is 0 Å². The van der Waals surface area contributed by atoms with E-state index in [1.165, 1.54) is 32.5 Å². The molecule has 1 spiro atoms. The molecule has 0 aromatic carbocycles. The maximum atomic E-state index is 3.46. The van der Waals surface area contributed by atoms with Gasteiger partial charge in [0.1, 0.15) is 0 Å². The minimum absolute atomic E-state index is 0.578. The Labute approximate surface area is 82.7 Å². The van der Waals surface area contributed by atoms with Gasteiger partial charge in [0.15, 0.2) is 0 Å². The molecule has 0 saturated carbocycles. The molecule has 2 rings (SSSR count). The summed E-state index contributed by atoms with van der Waals surface area (Å²) in [5, 5.41) is 3.46. The minimum atomic E-state index is 0.578. The molecule has 0 radical (unpaired) electrons. The molecule has 1 atom stereocenters. The maximum Gasteiger partial charge on any atom is 0.0360 e. The summed E-state index contributed by atoms with van der Waals surface area (Å²) in [4.78, 5) is 2.65. The number of rotatable bonds is 1. The highest BCUT2D eigenvalue weighted by Crippen LogP contribution is 2.37. The Balaban J connectivity index is 0.000000396. The first-order valence-electron chi connectivity index (χ1n) is 5.72. The van der Waals surface area contributed by atoms with Crippen molar-refractivity contribution in [3.8, 4) is 0 Å². The van der Waals surface area contributed by atoms with Crippen LogP contribution in [0.4, 0.5) is 0 Å². The van der Waals surface area contributed by atoms with Crippen LogP contribution in [0.2, 0.25) is 0 Å². The van der Waals surface area contributed by atoms with Crippen LogP contribution in [0.5, 0.6) is 0 Å². The zero-order chi connectivity index (χ0) is 9.90. The van der Waals surface area contributed by atoms with Gasteiger partial charge >= 0.3 is 0 Å². The van der Waals surface area contributed by atoms with Gasteiger partial charge in [-0.1, -0.05) is 13.8 Å². The van der Waals surface area contributed by atoms with E-state index in [4.69, 9.17) is 0 Å². The van der Waals surface area contributed by atoms with Gasteiger partial charge in [-0.2, -0.15) is 0 Å². The fraction of sp³-hybridized carbons (Fsp3) is 1.00. The Hall–Kier alpha value is -0.0800. The lowest BCUT2D eigenvalue weighted by Crippen LogP contribution is -2.63. The summed E-state index contributed by atoms with van der Waals surface area (Å²) in [5.74, 6) is 0. The lowest BCUT2D eigenvalue weighted by Gasteiger charge is -2.53. The standard InChI is InChI=1S/C9H18N2.C2H6/c1-8(2)11-6-4-9(11)3-5-10-7-9;1-2/h8,10H,3-7H2,1-2H3;1-2H3. The summed E-state index contributed by atoms with van der Waals surface area (Å²) in [7, 11) is 0. The van der Waals surface area contributed by atoms with Crippen molar-refractivity contribution in [1.82, 2.24) is 10.2 Å². The average molecular weight is 184 g/mol. The Morgan fingerprint density at radius 1 is 1.23 bits per heavy atom. The molecule has 0 bridgehead atoms. The summed E-state index contributed by atoms with van der Waals surface area (Å²) in [6, 6.07) is 0.739. The first-order valence-corrected chi connectivity index (χ1v) is 5.72. The van der Waals surface area contributed by atoms with Crippen LogP contribution in [0.15, 0.2) is 0 Å². The van der Waals surface area contributed by atoms with Gasteiger partial charge in [0.2, 0.25) is 0 Å². The predicted octanol–water partition coefficient (Wildman–Crippen LogP) is 1.86. The second-order valence-electron chi connectivity index (χ2n) is 4.19. The zero-order valence-electron chi connectivity index (χ0n) is 9.56. The molecule has 0 aromatic rings. The highest BCUT2D eigenvalue weighted by Gasteiger charge is 2.47. The minimum Gasteiger partial charge on any atom is -0.315 e. The number of hydrogen-bond acceptors (Lipinski definition) is 2. The second kappa shape index (κ2) is 4.43. The van der Waals surface area contributed by atoms with Crippen LogP contribution >= 0.6 is 0 Å². The lowest BCUT2D eigenvalue weighted by atomic mass is 9.82.